The van der Waals surface area contributed by atoms with Crippen molar-refractivity contribution < 1.29 is 9.18 Å². The summed E-state index contributed by atoms with van der Waals surface area (Å²) in [5.41, 5.74) is 4.01. The highest BCUT2D eigenvalue weighted by molar-refractivity contribution is 7.13. The molecule has 0 bridgehead atoms. The summed E-state index contributed by atoms with van der Waals surface area (Å²) in [6.45, 7) is 3.74. The van der Waals surface area contributed by atoms with Gasteiger partial charge in [0.1, 0.15) is 5.82 Å². The van der Waals surface area contributed by atoms with Gasteiger partial charge in [0.25, 0.3) is 5.91 Å². The van der Waals surface area contributed by atoms with Crippen LogP contribution in [0.4, 0.5) is 10.1 Å². The summed E-state index contributed by atoms with van der Waals surface area (Å²) in [5.74, 6) is -0.646. The van der Waals surface area contributed by atoms with Crippen molar-refractivity contribution in [1.29, 1.82) is 0 Å². The second-order valence-corrected chi connectivity index (χ2v) is 7.35. The number of amides is 1. The van der Waals surface area contributed by atoms with Crippen LogP contribution in [0.5, 0.6) is 0 Å². The lowest BCUT2D eigenvalue weighted by atomic mass is 10.2. The maximum absolute atomic E-state index is 13.3. The number of hydrogen-bond acceptors (Lipinski definition) is 4. The Kier molecular flexibility index (Phi) is 4.56. The lowest BCUT2D eigenvalue weighted by Crippen LogP contribution is -2.14. The number of hydrogen-bond donors (Lipinski definition) is 1. The van der Waals surface area contributed by atoms with Crippen molar-refractivity contribution in [2.24, 2.45) is 7.05 Å². The van der Waals surface area contributed by atoms with Crippen molar-refractivity contribution in [2.75, 3.05) is 5.32 Å². The average Bonchev–Trinajstić information content (AvgIpc) is 3.39. The smallest absolute Gasteiger partial charge is 0.276 e. The van der Waals surface area contributed by atoms with E-state index in [1.54, 1.807) is 38.9 Å². The maximum Gasteiger partial charge on any atom is 0.276 e. The third-order valence-corrected chi connectivity index (χ3v) is 5.43. The fourth-order valence-electron chi connectivity index (χ4n) is 3.00. The molecule has 1 N–H and O–H groups in total. The monoisotopic (exact) mass is 395 g/mol. The van der Waals surface area contributed by atoms with Crippen molar-refractivity contribution in [1.82, 2.24) is 19.6 Å². The molecular weight excluding hydrogens is 377 g/mol. The van der Waals surface area contributed by atoms with E-state index in [2.05, 4.69) is 15.5 Å². The van der Waals surface area contributed by atoms with Crippen LogP contribution in [0.2, 0.25) is 0 Å². The van der Waals surface area contributed by atoms with Gasteiger partial charge in [0, 0.05) is 7.05 Å². The van der Waals surface area contributed by atoms with Crippen LogP contribution in [0.3, 0.4) is 0 Å². The molecular formula is C20H18FN5OS. The Morgan fingerprint density at radius 3 is 2.50 bits per heavy atom. The van der Waals surface area contributed by atoms with Crippen LogP contribution in [0.25, 0.3) is 16.3 Å². The van der Waals surface area contributed by atoms with Gasteiger partial charge < -0.3 is 5.32 Å². The zero-order chi connectivity index (χ0) is 19.8. The number of rotatable bonds is 4. The molecule has 0 spiro atoms. The van der Waals surface area contributed by atoms with Crippen LogP contribution < -0.4 is 5.32 Å². The van der Waals surface area contributed by atoms with E-state index < -0.39 is 0 Å². The van der Waals surface area contributed by atoms with Crippen LogP contribution in [0, 0.1) is 19.7 Å². The minimum atomic E-state index is -0.325. The molecule has 0 aliphatic rings. The summed E-state index contributed by atoms with van der Waals surface area (Å²) >= 11 is 1.55. The molecule has 0 atom stereocenters. The number of thiophene rings is 1. The number of aromatic nitrogens is 4. The van der Waals surface area contributed by atoms with Crippen LogP contribution in [0.1, 0.15) is 21.9 Å². The third-order valence-electron chi connectivity index (χ3n) is 4.53. The van der Waals surface area contributed by atoms with Crippen molar-refractivity contribution in [3.8, 4) is 16.3 Å². The quantitative estimate of drug-likeness (QED) is 0.559. The molecule has 0 saturated carbocycles. The number of aryl methyl sites for hydroxylation is 2. The SMILES string of the molecule is Cc1nn(C)c(C)c1NC(=O)c1cc(-c2cccs2)n(-c2ccc(F)cc2)n1. The summed E-state index contributed by atoms with van der Waals surface area (Å²) in [5, 5.41) is 13.7. The molecule has 0 aliphatic carbocycles. The third kappa shape index (κ3) is 3.22. The molecule has 4 aromatic rings. The lowest BCUT2D eigenvalue weighted by molar-refractivity contribution is 0.102. The summed E-state index contributed by atoms with van der Waals surface area (Å²) in [6.07, 6.45) is 0. The first-order valence-electron chi connectivity index (χ1n) is 8.65. The molecule has 8 heteroatoms. The summed E-state index contributed by atoms with van der Waals surface area (Å²) in [6, 6.07) is 11.6. The normalized spacial score (nSPS) is 11.0. The first-order valence-corrected chi connectivity index (χ1v) is 9.53. The first-order chi connectivity index (χ1) is 13.4. The van der Waals surface area contributed by atoms with Gasteiger partial charge in [0.2, 0.25) is 0 Å². The van der Waals surface area contributed by atoms with Crippen LogP contribution in [-0.4, -0.2) is 25.5 Å². The van der Waals surface area contributed by atoms with Gasteiger partial charge in [-0.15, -0.1) is 11.3 Å². The van der Waals surface area contributed by atoms with E-state index >= 15 is 0 Å². The Hall–Kier alpha value is -3.26. The molecule has 6 nitrogen and oxygen atoms in total. The molecule has 0 saturated heterocycles. The van der Waals surface area contributed by atoms with Gasteiger partial charge in [0.05, 0.1) is 33.3 Å². The number of carbonyl (C=O) groups is 1. The van der Waals surface area contributed by atoms with Crippen molar-refractivity contribution in [2.45, 2.75) is 13.8 Å². The molecule has 0 unspecified atom stereocenters. The lowest BCUT2D eigenvalue weighted by Gasteiger charge is -2.06. The van der Waals surface area contributed by atoms with Gasteiger partial charge in [-0.2, -0.15) is 10.2 Å². The molecule has 3 aromatic heterocycles. The minimum absolute atomic E-state index is 0.273. The molecule has 0 aliphatic heterocycles. The Bertz CT molecular complexity index is 1140. The highest BCUT2D eigenvalue weighted by Crippen LogP contribution is 2.29. The number of nitrogens with zero attached hydrogens (tertiary/aromatic N) is 4. The largest absolute Gasteiger partial charge is 0.317 e. The van der Waals surface area contributed by atoms with Crippen molar-refractivity contribution >= 4 is 22.9 Å². The van der Waals surface area contributed by atoms with Crippen molar-refractivity contribution in [3.05, 3.63) is 70.7 Å². The molecule has 142 valence electrons. The second kappa shape index (κ2) is 7.05. The van der Waals surface area contributed by atoms with E-state index in [9.17, 15) is 9.18 Å². The molecule has 0 fully saturated rings. The van der Waals surface area contributed by atoms with Crippen LogP contribution >= 0.6 is 11.3 Å². The van der Waals surface area contributed by atoms with E-state index in [0.717, 1.165) is 22.0 Å². The Balaban J connectivity index is 1.75. The van der Waals surface area contributed by atoms with Gasteiger partial charge in [0.15, 0.2) is 5.69 Å². The van der Waals surface area contributed by atoms with E-state index in [4.69, 9.17) is 0 Å². The summed E-state index contributed by atoms with van der Waals surface area (Å²) in [4.78, 5) is 13.8. The predicted octanol–water partition coefficient (Wildman–Crippen LogP) is 4.34. The van der Waals surface area contributed by atoms with E-state index in [-0.39, 0.29) is 17.4 Å². The molecule has 3 heterocycles. The number of anilines is 1. The van der Waals surface area contributed by atoms with E-state index in [0.29, 0.717) is 11.4 Å². The minimum Gasteiger partial charge on any atom is -0.317 e. The Morgan fingerprint density at radius 2 is 1.89 bits per heavy atom. The van der Waals surface area contributed by atoms with Gasteiger partial charge in [-0.3, -0.25) is 9.48 Å². The highest BCUT2D eigenvalue weighted by atomic mass is 32.1. The first kappa shape index (κ1) is 18.1. The molecule has 4 rings (SSSR count). The number of carbonyl (C=O) groups excluding carboxylic acids is 1. The van der Waals surface area contributed by atoms with E-state index in [1.807, 2.05) is 38.4 Å². The number of nitrogens with one attached hydrogen (secondary N) is 1. The van der Waals surface area contributed by atoms with Gasteiger partial charge in [-0.05, 0) is 55.6 Å². The maximum atomic E-state index is 13.3. The molecule has 28 heavy (non-hydrogen) atoms. The highest BCUT2D eigenvalue weighted by Gasteiger charge is 2.20. The molecule has 1 amide bonds. The zero-order valence-electron chi connectivity index (χ0n) is 15.6. The van der Waals surface area contributed by atoms with Crippen LogP contribution in [-0.2, 0) is 7.05 Å². The fourth-order valence-corrected chi connectivity index (χ4v) is 3.73. The predicted molar refractivity (Wildman–Crippen MR) is 107 cm³/mol. The Morgan fingerprint density at radius 1 is 1.14 bits per heavy atom. The zero-order valence-corrected chi connectivity index (χ0v) is 16.4. The fraction of sp³-hybridized carbons (Fsp3) is 0.150. The standard InChI is InChI=1S/C20H18FN5OS/c1-12-19(13(2)25(3)23-12)22-20(27)16-11-17(18-5-4-10-28-18)26(24-16)15-8-6-14(21)7-9-15/h4-11H,1-3H3,(H,22,27). The summed E-state index contributed by atoms with van der Waals surface area (Å²) in [7, 11) is 1.83. The van der Waals surface area contributed by atoms with Crippen molar-refractivity contribution in [3.63, 3.8) is 0 Å². The number of halogens is 1. The van der Waals surface area contributed by atoms with Crippen LogP contribution in [0.15, 0.2) is 47.8 Å². The second-order valence-electron chi connectivity index (χ2n) is 6.40. The van der Waals surface area contributed by atoms with E-state index in [1.165, 1.54) is 12.1 Å². The Labute approximate surface area is 165 Å². The molecule has 1 aromatic carbocycles. The van der Waals surface area contributed by atoms with Gasteiger partial charge >= 0.3 is 0 Å². The number of benzene rings is 1. The topological polar surface area (TPSA) is 64.7 Å². The summed E-state index contributed by atoms with van der Waals surface area (Å²) < 4.78 is 16.7. The van der Waals surface area contributed by atoms with Gasteiger partial charge in [-0.1, -0.05) is 6.07 Å². The molecule has 0 radical (unpaired) electrons. The average molecular weight is 395 g/mol. The van der Waals surface area contributed by atoms with Gasteiger partial charge in [-0.25, -0.2) is 9.07 Å².